The van der Waals surface area contributed by atoms with E-state index in [1.165, 1.54) is 0 Å². The zero-order valence-electron chi connectivity index (χ0n) is 9.24. The van der Waals surface area contributed by atoms with E-state index in [0.717, 1.165) is 18.6 Å². The van der Waals surface area contributed by atoms with Crippen LogP contribution in [0.2, 0.25) is 5.02 Å². The number of nitrogens with one attached hydrogen (secondary N) is 1. The van der Waals surface area contributed by atoms with Crippen molar-refractivity contribution < 1.29 is 9.84 Å². The highest BCUT2D eigenvalue weighted by molar-refractivity contribution is 6.32. The Hall–Kier alpha value is -0.770. The minimum Gasteiger partial charge on any atom is -0.506 e. The summed E-state index contributed by atoms with van der Waals surface area (Å²) in [5.74, 6) is 0.170. The number of phenolic OH excluding ortho intramolecular Hbond substituents is 1. The molecule has 0 spiro atoms. The van der Waals surface area contributed by atoms with Gasteiger partial charge in [0, 0.05) is 24.8 Å². The maximum absolute atomic E-state index is 9.73. The predicted molar refractivity (Wildman–Crippen MR) is 63.8 cm³/mol. The molecule has 1 aliphatic heterocycles. The third-order valence-electron chi connectivity index (χ3n) is 3.00. The van der Waals surface area contributed by atoms with Crippen LogP contribution in [0.4, 0.5) is 0 Å². The monoisotopic (exact) mass is 241 g/mol. The van der Waals surface area contributed by atoms with Gasteiger partial charge in [-0.15, -0.1) is 0 Å². The first-order valence-electron chi connectivity index (χ1n) is 5.50. The normalized spacial score (nSPS) is 24.9. The van der Waals surface area contributed by atoms with Gasteiger partial charge in [0.15, 0.2) is 0 Å². The molecule has 2 rings (SSSR count). The van der Waals surface area contributed by atoms with Crippen molar-refractivity contribution in [1.29, 1.82) is 0 Å². The Morgan fingerprint density at radius 3 is 3.06 bits per heavy atom. The quantitative estimate of drug-likeness (QED) is 0.854. The van der Waals surface area contributed by atoms with Crippen LogP contribution >= 0.6 is 11.6 Å². The second-order valence-corrected chi connectivity index (χ2v) is 4.51. The minimum atomic E-state index is 0.170. The van der Waals surface area contributed by atoms with Gasteiger partial charge in [0.2, 0.25) is 0 Å². The first-order valence-corrected chi connectivity index (χ1v) is 5.87. The number of para-hydroxylation sites is 1. The molecule has 1 aliphatic rings. The molecular formula is C12H16ClNO2. The molecule has 2 N–H and O–H groups in total. The number of aromatic hydroxyl groups is 1. The summed E-state index contributed by atoms with van der Waals surface area (Å²) in [6.07, 6.45) is 1.25. The van der Waals surface area contributed by atoms with Gasteiger partial charge in [-0.2, -0.15) is 0 Å². The molecule has 4 heteroatoms. The Labute approximate surface area is 100 Å². The Kier molecular flexibility index (Phi) is 3.69. The van der Waals surface area contributed by atoms with E-state index < -0.39 is 0 Å². The summed E-state index contributed by atoms with van der Waals surface area (Å²) in [6.45, 7) is 3.48. The molecule has 1 saturated heterocycles. The molecule has 0 aliphatic carbocycles. The van der Waals surface area contributed by atoms with E-state index in [1.54, 1.807) is 6.07 Å². The molecule has 0 saturated carbocycles. The summed E-state index contributed by atoms with van der Waals surface area (Å²) in [7, 11) is 0. The van der Waals surface area contributed by atoms with Crippen LogP contribution in [-0.2, 0) is 11.3 Å². The number of ether oxygens (including phenoxy) is 1. The largest absolute Gasteiger partial charge is 0.506 e. The highest BCUT2D eigenvalue weighted by Crippen LogP contribution is 2.27. The molecule has 1 aromatic rings. The third kappa shape index (κ3) is 2.48. The van der Waals surface area contributed by atoms with Crippen molar-refractivity contribution in [1.82, 2.24) is 5.32 Å². The molecule has 1 heterocycles. The average Bonchev–Trinajstić information content (AvgIpc) is 2.67. The second-order valence-electron chi connectivity index (χ2n) is 4.10. The molecule has 0 radical (unpaired) electrons. The van der Waals surface area contributed by atoms with Crippen LogP contribution in [0, 0.1) is 0 Å². The number of phenols is 1. The molecule has 88 valence electrons. The molecule has 2 atom stereocenters. The molecule has 0 bridgehead atoms. The number of hydrogen-bond donors (Lipinski definition) is 2. The fourth-order valence-electron chi connectivity index (χ4n) is 1.94. The van der Waals surface area contributed by atoms with E-state index in [-0.39, 0.29) is 11.9 Å². The van der Waals surface area contributed by atoms with Crippen LogP contribution in [0.3, 0.4) is 0 Å². The maximum atomic E-state index is 9.73. The van der Waals surface area contributed by atoms with Gasteiger partial charge in [0.25, 0.3) is 0 Å². The lowest BCUT2D eigenvalue weighted by molar-refractivity contribution is 0.113. The lowest BCUT2D eigenvalue weighted by atomic mass is 10.1. The fraction of sp³-hybridized carbons (Fsp3) is 0.500. The molecular weight excluding hydrogens is 226 g/mol. The van der Waals surface area contributed by atoms with Gasteiger partial charge < -0.3 is 15.2 Å². The van der Waals surface area contributed by atoms with Crippen LogP contribution in [-0.4, -0.2) is 23.9 Å². The van der Waals surface area contributed by atoms with Crippen LogP contribution in [0.5, 0.6) is 5.75 Å². The molecule has 2 unspecified atom stereocenters. The van der Waals surface area contributed by atoms with Gasteiger partial charge in [-0.3, -0.25) is 0 Å². The van der Waals surface area contributed by atoms with Crippen molar-refractivity contribution in [2.45, 2.75) is 32.0 Å². The van der Waals surface area contributed by atoms with E-state index in [1.807, 2.05) is 12.1 Å². The van der Waals surface area contributed by atoms with Crippen LogP contribution < -0.4 is 5.32 Å². The lowest BCUT2D eigenvalue weighted by Gasteiger charge is -2.16. The van der Waals surface area contributed by atoms with Crippen LogP contribution in [0.15, 0.2) is 18.2 Å². The topological polar surface area (TPSA) is 41.5 Å². The summed E-state index contributed by atoms with van der Waals surface area (Å²) >= 11 is 5.84. The predicted octanol–water partition coefficient (Wildman–Crippen LogP) is 2.31. The van der Waals surface area contributed by atoms with Crippen LogP contribution in [0.1, 0.15) is 18.9 Å². The van der Waals surface area contributed by atoms with E-state index in [2.05, 4.69) is 12.2 Å². The zero-order chi connectivity index (χ0) is 11.5. The SMILES string of the molecule is CC1OCCC1NCc1cccc(Cl)c1O. The Morgan fingerprint density at radius 1 is 1.56 bits per heavy atom. The van der Waals surface area contributed by atoms with Gasteiger partial charge >= 0.3 is 0 Å². The molecule has 3 nitrogen and oxygen atoms in total. The van der Waals surface area contributed by atoms with Crippen LogP contribution in [0.25, 0.3) is 0 Å². The van der Waals surface area contributed by atoms with Crippen molar-refractivity contribution >= 4 is 11.6 Å². The Balaban J connectivity index is 1.96. The standard InChI is InChI=1S/C12H16ClNO2/c1-8-11(5-6-16-8)14-7-9-3-2-4-10(13)12(9)15/h2-4,8,11,14-15H,5-7H2,1H3. The molecule has 1 aromatic carbocycles. The number of benzene rings is 1. The van der Waals surface area contributed by atoms with Gasteiger partial charge in [0.1, 0.15) is 5.75 Å². The Morgan fingerprint density at radius 2 is 2.38 bits per heavy atom. The maximum Gasteiger partial charge on any atom is 0.138 e. The highest BCUT2D eigenvalue weighted by Gasteiger charge is 2.23. The van der Waals surface area contributed by atoms with Gasteiger partial charge in [-0.25, -0.2) is 0 Å². The van der Waals surface area contributed by atoms with Gasteiger partial charge in [-0.1, -0.05) is 23.7 Å². The van der Waals surface area contributed by atoms with Crippen molar-refractivity contribution in [3.05, 3.63) is 28.8 Å². The van der Waals surface area contributed by atoms with E-state index >= 15 is 0 Å². The fourth-order valence-corrected chi connectivity index (χ4v) is 2.14. The summed E-state index contributed by atoms with van der Waals surface area (Å²) in [6, 6.07) is 5.75. The van der Waals surface area contributed by atoms with E-state index in [4.69, 9.17) is 16.3 Å². The Bertz CT molecular complexity index is 370. The smallest absolute Gasteiger partial charge is 0.138 e. The molecule has 0 amide bonds. The number of hydrogen-bond acceptors (Lipinski definition) is 3. The van der Waals surface area contributed by atoms with Gasteiger partial charge in [0.05, 0.1) is 11.1 Å². The molecule has 0 aromatic heterocycles. The van der Waals surface area contributed by atoms with Gasteiger partial charge in [-0.05, 0) is 19.4 Å². The lowest BCUT2D eigenvalue weighted by Crippen LogP contribution is -2.34. The molecule has 1 fully saturated rings. The van der Waals surface area contributed by atoms with E-state index in [0.29, 0.717) is 17.6 Å². The third-order valence-corrected chi connectivity index (χ3v) is 3.31. The molecule has 16 heavy (non-hydrogen) atoms. The summed E-state index contributed by atoms with van der Waals surface area (Å²) in [4.78, 5) is 0. The highest BCUT2D eigenvalue weighted by atomic mass is 35.5. The summed E-state index contributed by atoms with van der Waals surface area (Å²) in [5, 5.41) is 13.5. The van der Waals surface area contributed by atoms with Crippen molar-refractivity contribution in [3.8, 4) is 5.75 Å². The summed E-state index contributed by atoms with van der Waals surface area (Å²) < 4.78 is 5.46. The van der Waals surface area contributed by atoms with Crippen molar-refractivity contribution in [2.24, 2.45) is 0 Å². The number of halogens is 1. The van der Waals surface area contributed by atoms with E-state index in [9.17, 15) is 5.11 Å². The first kappa shape index (κ1) is 11.7. The number of rotatable bonds is 3. The zero-order valence-corrected chi connectivity index (χ0v) is 10.00. The van der Waals surface area contributed by atoms with Crippen molar-refractivity contribution in [2.75, 3.05) is 6.61 Å². The van der Waals surface area contributed by atoms with Crippen molar-refractivity contribution in [3.63, 3.8) is 0 Å². The average molecular weight is 242 g/mol. The minimum absolute atomic E-state index is 0.170. The first-order chi connectivity index (χ1) is 7.68. The second kappa shape index (κ2) is 5.04. The summed E-state index contributed by atoms with van der Waals surface area (Å²) in [5.41, 5.74) is 0.826.